The summed E-state index contributed by atoms with van der Waals surface area (Å²) < 4.78 is 19.0. The van der Waals surface area contributed by atoms with Gasteiger partial charge in [0.15, 0.2) is 6.10 Å². The van der Waals surface area contributed by atoms with Crippen molar-refractivity contribution in [2.45, 2.75) is 13.0 Å². The summed E-state index contributed by atoms with van der Waals surface area (Å²) >= 11 is 5.65. The minimum absolute atomic E-state index is 0.0721. The molecule has 0 bridgehead atoms. The molecule has 2 aromatic rings. The van der Waals surface area contributed by atoms with E-state index in [0.29, 0.717) is 5.75 Å². The van der Waals surface area contributed by atoms with Crippen LogP contribution in [0.5, 0.6) is 5.75 Å². The van der Waals surface area contributed by atoms with E-state index in [2.05, 4.69) is 5.32 Å². The monoisotopic (exact) mass is 293 g/mol. The van der Waals surface area contributed by atoms with Crippen molar-refractivity contribution in [3.05, 3.63) is 59.4 Å². The third-order valence-corrected chi connectivity index (χ3v) is 2.85. The number of halogens is 2. The molecule has 5 heteroatoms. The number of rotatable bonds is 4. The second-order valence-corrected chi connectivity index (χ2v) is 4.62. The van der Waals surface area contributed by atoms with Gasteiger partial charge in [-0.25, -0.2) is 4.39 Å². The number of ether oxygens (including phenoxy) is 1. The van der Waals surface area contributed by atoms with Crippen molar-refractivity contribution in [1.29, 1.82) is 0 Å². The largest absolute Gasteiger partial charge is 0.481 e. The number of carbonyl (C=O) groups is 1. The van der Waals surface area contributed by atoms with Gasteiger partial charge in [0.1, 0.15) is 11.6 Å². The average molecular weight is 294 g/mol. The lowest BCUT2D eigenvalue weighted by Crippen LogP contribution is -2.30. The van der Waals surface area contributed by atoms with Crippen molar-refractivity contribution in [3.8, 4) is 5.75 Å². The Morgan fingerprint density at radius 1 is 1.25 bits per heavy atom. The zero-order valence-electron chi connectivity index (χ0n) is 10.8. The predicted molar refractivity (Wildman–Crippen MR) is 76.6 cm³/mol. The lowest BCUT2D eigenvalue weighted by Gasteiger charge is -2.15. The van der Waals surface area contributed by atoms with Gasteiger partial charge in [-0.1, -0.05) is 29.8 Å². The lowest BCUT2D eigenvalue weighted by molar-refractivity contribution is -0.122. The van der Waals surface area contributed by atoms with Crippen LogP contribution in [-0.4, -0.2) is 12.0 Å². The Kier molecular flexibility index (Phi) is 4.58. The highest BCUT2D eigenvalue weighted by Crippen LogP contribution is 2.19. The number of anilines is 1. The van der Waals surface area contributed by atoms with Crippen molar-refractivity contribution >= 4 is 23.2 Å². The summed E-state index contributed by atoms with van der Waals surface area (Å²) in [6, 6.07) is 13.0. The van der Waals surface area contributed by atoms with Gasteiger partial charge >= 0.3 is 0 Å². The minimum atomic E-state index is -0.743. The van der Waals surface area contributed by atoms with Crippen LogP contribution >= 0.6 is 11.6 Å². The van der Waals surface area contributed by atoms with Gasteiger partial charge in [0, 0.05) is 5.02 Å². The van der Waals surface area contributed by atoms with Crippen LogP contribution < -0.4 is 10.1 Å². The molecule has 0 saturated heterocycles. The maximum Gasteiger partial charge on any atom is 0.265 e. The first-order chi connectivity index (χ1) is 9.56. The zero-order valence-corrected chi connectivity index (χ0v) is 11.5. The summed E-state index contributed by atoms with van der Waals surface area (Å²) in [6.45, 7) is 1.59. The van der Waals surface area contributed by atoms with Crippen LogP contribution in [-0.2, 0) is 4.79 Å². The highest BCUT2D eigenvalue weighted by Gasteiger charge is 2.16. The molecule has 1 atom stereocenters. The van der Waals surface area contributed by atoms with Gasteiger partial charge in [-0.05, 0) is 37.3 Å². The van der Waals surface area contributed by atoms with Crippen LogP contribution in [0.1, 0.15) is 6.92 Å². The lowest BCUT2D eigenvalue weighted by atomic mass is 10.2. The second-order valence-electron chi connectivity index (χ2n) is 4.19. The number of hydrogen-bond acceptors (Lipinski definition) is 2. The molecular weight excluding hydrogens is 281 g/mol. The van der Waals surface area contributed by atoms with E-state index in [9.17, 15) is 9.18 Å². The van der Waals surface area contributed by atoms with Gasteiger partial charge < -0.3 is 10.1 Å². The van der Waals surface area contributed by atoms with E-state index < -0.39 is 17.8 Å². The molecular formula is C15H13ClFNO2. The van der Waals surface area contributed by atoms with Crippen LogP contribution in [0.2, 0.25) is 5.02 Å². The minimum Gasteiger partial charge on any atom is -0.481 e. The molecule has 3 nitrogen and oxygen atoms in total. The van der Waals surface area contributed by atoms with E-state index in [0.717, 1.165) is 6.07 Å². The topological polar surface area (TPSA) is 38.3 Å². The van der Waals surface area contributed by atoms with Gasteiger partial charge in [-0.3, -0.25) is 4.79 Å². The molecule has 2 rings (SSSR count). The van der Waals surface area contributed by atoms with E-state index >= 15 is 0 Å². The summed E-state index contributed by atoms with van der Waals surface area (Å²) in [6.07, 6.45) is -0.743. The van der Waals surface area contributed by atoms with E-state index in [1.807, 2.05) is 6.07 Å². The predicted octanol–water partition coefficient (Wildman–Crippen LogP) is 3.89. The molecule has 0 aliphatic heterocycles. The molecule has 20 heavy (non-hydrogen) atoms. The summed E-state index contributed by atoms with van der Waals surface area (Å²) in [5, 5.41) is 2.73. The fraction of sp³-hybridized carbons (Fsp3) is 0.133. The molecule has 104 valence electrons. The fourth-order valence-electron chi connectivity index (χ4n) is 1.58. The maximum absolute atomic E-state index is 13.6. The van der Waals surface area contributed by atoms with Crippen molar-refractivity contribution in [2.24, 2.45) is 0 Å². The average Bonchev–Trinajstić information content (AvgIpc) is 2.43. The van der Waals surface area contributed by atoms with Gasteiger partial charge in [0.05, 0.1) is 5.69 Å². The molecule has 0 fully saturated rings. The number of para-hydroxylation sites is 1. The first-order valence-electron chi connectivity index (χ1n) is 6.04. The number of nitrogens with one attached hydrogen (secondary N) is 1. The van der Waals surface area contributed by atoms with Crippen molar-refractivity contribution in [3.63, 3.8) is 0 Å². The van der Waals surface area contributed by atoms with Crippen molar-refractivity contribution in [1.82, 2.24) is 0 Å². The maximum atomic E-state index is 13.6. The second kappa shape index (κ2) is 6.39. The van der Waals surface area contributed by atoms with Crippen molar-refractivity contribution < 1.29 is 13.9 Å². The Bertz CT molecular complexity index is 604. The van der Waals surface area contributed by atoms with E-state index in [-0.39, 0.29) is 10.7 Å². The summed E-state index contributed by atoms with van der Waals surface area (Å²) in [4.78, 5) is 11.9. The highest BCUT2D eigenvalue weighted by atomic mass is 35.5. The molecule has 0 heterocycles. The molecule has 0 saturated carbocycles. The van der Waals surface area contributed by atoms with Crippen LogP contribution in [0.4, 0.5) is 10.1 Å². The third kappa shape index (κ3) is 3.71. The molecule has 0 unspecified atom stereocenters. The van der Waals surface area contributed by atoms with Gasteiger partial charge in [0.2, 0.25) is 0 Å². The van der Waals surface area contributed by atoms with E-state index in [1.165, 1.54) is 12.1 Å². The number of carbonyl (C=O) groups excluding carboxylic acids is 1. The smallest absolute Gasteiger partial charge is 0.265 e. The molecule has 0 aromatic heterocycles. The summed E-state index contributed by atoms with van der Waals surface area (Å²) in [7, 11) is 0. The van der Waals surface area contributed by atoms with Crippen LogP contribution in [0.15, 0.2) is 48.5 Å². The molecule has 1 amide bonds. The van der Waals surface area contributed by atoms with Gasteiger partial charge in [0.25, 0.3) is 5.91 Å². The Morgan fingerprint density at radius 3 is 2.60 bits per heavy atom. The van der Waals surface area contributed by atoms with Crippen LogP contribution in [0.3, 0.4) is 0 Å². The number of benzene rings is 2. The standard InChI is InChI=1S/C15H13ClFNO2/c1-10(20-12-5-3-2-4-6-12)15(19)18-14-8-7-11(16)9-13(14)17/h2-10H,1H3,(H,18,19)/t10-/m0/s1. The number of hydrogen-bond donors (Lipinski definition) is 1. The Morgan fingerprint density at radius 2 is 1.95 bits per heavy atom. The molecule has 0 aliphatic carbocycles. The SMILES string of the molecule is C[C@H](Oc1ccccc1)C(=O)Nc1ccc(Cl)cc1F. The third-order valence-electron chi connectivity index (χ3n) is 2.61. The van der Waals surface area contributed by atoms with Crippen LogP contribution in [0.25, 0.3) is 0 Å². The zero-order chi connectivity index (χ0) is 14.5. The van der Waals surface area contributed by atoms with Gasteiger partial charge in [-0.2, -0.15) is 0 Å². The van der Waals surface area contributed by atoms with E-state index in [1.54, 1.807) is 31.2 Å². The number of amides is 1. The Hall–Kier alpha value is -2.07. The summed E-state index contributed by atoms with van der Waals surface area (Å²) in [5.41, 5.74) is 0.0721. The molecule has 1 N–H and O–H groups in total. The van der Waals surface area contributed by atoms with Crippen LogP contribution in [0, 0.1) is 5.82 Å². The van der Waals surface area contributed by atoms with Crippen molar-refractivity contribution in [2.75, 3.05) is 5.32 Å². The summed E-state index contributed by atoms with van der Waals surface area (Å²) in [5.74, 6) is -0.445. The Balaban J connectivity index is 2.01. The normalized spacial score (nSPS) is 11.8. The first-order valence-corrected chi connectivity index (χ1v) is 6.41. The highest BCUT2D eigenvalue weighted by molar-refractivity contribution is 6.30. The van der Waals surface area contributed by atoms with E-state index in [4.69, 9.17) is 16.3 Å². The quantitative estimate of drug-likeness (QED) is 0.929. The molecule has 0 spiro atoms. The molecule has 2 aromatic carbocycles. The van der Waals surface area contributed by atoms with Gasteiger partial charge in [-0.15, -0.1) is 0 Å². The Labute approximate surface area is 121 Å². The fourth-order valence-corrected chi connectivity index (χ4v) is 1.74. The first kappa shape index (κ1) is 14.3. The molecule has 0 radical (unpaired) electrons. The molecule has 0 aliphatic rings.